The molecule has 2 nitrogen and oxygen atoms in total. The molecule has 0 bridgehead atoms. The molecule has 58 valence electrons. The lowest BCUT2D eigenvalue weighted by Gasteiger charge is -2.02. The van der Waals surface area contributed by atoms with Crippen molar-refractivity contribution in [3.8, 4) is 0 Å². The van der Waals surface area contributed by atoms with Crippen LogP contribution >= 0.6 is 11.6 Å². The molecule has 0 amide bonds. The first-order chi connectivity index (χ1) is 5.13. The van der Waals surface area contributed by atoms with Crippen LogP contribution in [0.3, 0.4) is 0 Å². The molecule has 0 saturated carbocycles. The molecule has 1 aromatic carbocycles. The molecule has 0 aliphatic carbocycles. The largest absolute Gasteiger partial charge is 0.398 e. The maximum absolute atomic E-state index is 10.7. The summed E-state index contributed by atoms with van der Waals surface area (Å²) in [5.74, 6) is 0. The van der Waals surface area contributed by atoms with Gasteiger partial charge in [-0.3, -0.25) is 4.79 Å². The summed E-state index contributed by atoms with van der Waals surface area (Å²) in [6.07, 6.45) is 0. The second-order valence-electron chi connectivity index (χ2n) is 2.29. The quantitative estimate of drug-likeness (QED) is 0.516. The van der Waals surface area contributed by atoms with Crippen LogP contribution in [-0.2, 0) is 0 Å². The van der Waals surface area contributed by atoms with Crippen molar-refractivity contribution in [1.29, 1.82) is 0 Å². The Kier molecular flexibility index (Phi) is 2.15. The molecule has 0 radical (unpaired) electrons. The highest BCUT2D eigenvalue weighted by atomic mass is 35.5. The second kappa shape index (κ2) is 2.93. The van der Waals surface area contributed by atoms with Gasteiger partial charge in [0.2, 0.25) is 0 Å². The zero-order chi connectivity index (χ0) is 8.43. The number of nitrogens with two attached hydrogens (primary N) is 1. The van der Waals surface area contributed by atoms with Crippen molar-refractivity contribution >= 4 is 22.5 Å². The van der Waals surface area contributed by atoms with Gasteiger partial charge in [-0.25, -0.2) is 0 Å². The molecule has 0 saturated heterocycles. The molecule has 0 atom stereocenters. The van der Waals surface area contributed by atoms with E-state index in [0.29, 0.717) is 11.3 Å². The number of halogens is 1. The number of anilines is 1. The maximum Gasteiger partial charge on any atom is 0.252 e. The van der Waals surface area contributed by atoms with Crippen molar-refractivity contribution in [1.82, 2.24) is 0 Å². The molecule has 2 N–H and O–H groups in total. The lowest BCUT2D eigenvalue weighted by Crippen LogP contribution is -1.97. The number of carbonyl (C=O) groups excluding carboxylic acids is 1. The van der Waals surface area contributed by atoms with E-state index in [1.807, 2.05) is 0 Å². The molecule has 0 unspecified atom stereocenters. The molecule has 0 heterocycles. The molecule has 0 aromatic heterocycles. The SMILES string of the molecule is Cc1c(N)cccc1C(=O)Cl. The van der Waals surface area contributed by atoms with E-state index in [2.05, 4.69) is 0 Å². The highest BCUT2D eigenvalue weighted by Crippen LogP contribution is 2.16. The summed E-state index contributed by atoms with van der Waals surface area (Å²) in [4.78, 5) is 10.7. The van der Waals surface area contributed by atoms with Gasteiger partial charge in [0.05, 0.1) is 0 Å². The Hall–Kier alpha value is -1.02. The topological polar surface area (TPSA) is 43.1 Å². The molecular formula is C8H8ClNO. The molecular weight excluding hydrogens is 162 g/mol. The first-order valence-corrected chi connectivity index (χ1v) is 3.55. The van der Waals surface area contributed by atoms with Gasteiger partial charge in [-0.1, -0.05) is 6.07 Å². The van der Waals surface area contributed by atoms with E-state index in [1.54, 1.807) is 25.1 Å². The summed E-state index contributed by atoms with van der Waals surface area (Å²) in [5.41, 5.74) is 7.36. The van der Waals surface area contributed by atoms with Gasteiger partial charge < -0.3 is 5.73 Å². The van der Waals surface area contributed by atoms with E-state index in [-0.39, 0.29) is 0 Å². The number of hydrogen-bond donors (Lipinski definition) is 1. The van der Waals surface area contributed by atoms with Crippen LogP contribution in [0.2, 0.25) is 0 Å². The van der Waals surface area contributed by atoms with Crippen molar-refractivity contribution in [2.45, 2.75) is 6.92 Å². The molecule has 1 rings (SSSR count). The van der Waals surface area contributed by atoms with Gasteiger partial charge in [-0.2, -0.15) is 0 Å². The Labute approximate surface area is 70.0 Å². The predicted molar refractivity (Wildman–Crippen MR) is 45.8 cm³/mol. The summed E-state index contributed by atoms with van der Waals surface area (Å²) in [6.45, 7) is 1.77. The van der Waals surface area contributed by atoms with Crippen LogP contribution in [-0.4, -0.2) is 5.24 Å². The fourth-order valence-electron chi connectivity index (χ4n) is 0.866. The third-order valence-corrected chi connectivity index (χ3v) is 1.79. The summed E-state index contributed by atoms with van der Waals surface area (Å²) in [7, 11) is 0. The number of benzene rings is 1. The third-order valence-electron chi connectivity index (χ3n) is 1.59. The van der Waals surface area contributed by atoms with Crippen molar-refractivity contribution in [2.24, 2.45) is 0 Å². The molecule has 11 heavy (non-hydrogen) atoms. The molecule has 0 aliphatic heterocycles. The average Bonchev–Trinajstić information content (AvgIpc) is 1.94. The van der Waals surface area contributed by atoms with Gasteiger partial charge >= 0.3 is 0 Å². The van der Waals surface area contributed by atoms with Gasteiger partial charge in [0.1, 0.15) is 0 Å². The van der Waals surface area contributed by atoms with Gasteiger partial charge in [0, 0.05) is 11.3 Å². The average molecular weight is 170 g/mol. The number of hydrogen-bond acceptors (Lipinski definition) is 2. The van der Waals surface area contributed by atoms with Crippen LogP contribution in [0.1, 0.15) is 15.9 Å². The fourth-order valence-corrected chi connectivity index (χ4v) is 1.07. The van der Waals surface area contributed by atoms with Crippen LogP contribution in [0.25, 0.3) is 0 Å². The van der Waals surface area contributed by atoms with E-state index < -0.39 is 5.24 Å². The van der Waals surface area contributed by atoms with Crippen molar-refractivity contribution < 1.29 is 4.79 Å². The highest BCUT2D eigenvalue weighted by Gasteiger charge is 2.06. The number of carbonyl (C=O) groups is 1. The first kappa shape index (κ1) is 8.08. The molecule has 3 heteroatoms. The van der Waals surface area contributed by atoms with E-state index in [0.717, 1.165) is 5.56 Å². The molecule has 0 spiro atoms. The van der Waals surface area contributed by atoms with Gasteiger partial charge in [-0.05, 0) is 36.2 Å². The van der Waals surface area contributed by atoms with Crippen LogP contribution in [0.5, 0.6) is 0 Å². The normalized spacial score (nSPS) is 9.64. The van der Waals surface area contributed by atoms with E-state index in [4.69, 9.17) is 17.3 Å². The van der Waals surface area contributed by atoms with Crippen LogP contribution in [0.4, 0.5) is 5.69 Å². The third kappa shape index (κ3) is 1.52. The lowest BCUT2D eigenvalue weighted by atomic mass is 10.1. The minimum Gasteiger partial charge on any atom is -0.398 e. The summed E-state index contributed by atoms with van der Waals surface area (Å²) in [5, 5.41) is -0.463. The minimum atomic E-state index is -0.463. The fraction of sp³-hybridized carbons (Fsp3) is 0.125. The Morgan fingerprint density at radius 3 is 2.64 bits per heavy atom. The van der Waals surface area contributed by atoms with E-state index in [1.165, 1.54) is 0 Å². The Balaban J connectivity index is 3.27. The van der Waals surface area contributed by atoms with Gasteiger partial charge in [-0.15, -0.1) is 0 Å². The van der Waals surface area contributed by atoms with Crippen LogP contribution in [0.15, 0.2) is 18.2 Å². The standard InChI is InChI=1S/C8H8ClNO/c1-5-6(8(9)11)3-2-4-7(5)10/h2-4H,10H2,1H3. The zero-order valence-corrected chi connectivity index (χ0v) is 6.85. The zero-order valence-electron chi connectivity index (χ0n) is 6.10. The Bertz CT molecular complexity index is 296. The van der Waals surface area contributed by atoms with Crippen molar-refractivity contribution in [3.05, 3.63) is 29.3 Å². The van der Waals surface area contributed by atoms with Gasteiger partial charge in [0.25, 0.3) is 5.24 Å². The van der Waals surface area contributed by atoms with Crippen molar-refractivity contribution in [2.75, 3.05) is 5.73 Å². The van der Waals surface area contributed by atoms with Crippen LogP contribution in [0, 0.1) is 6.92 Å². The second-order valence-corrected chi connectivity index (χ2v) is 2.64. The summed E-state index contributed by atoms with van der Waals surface area (Å²) >= 11 is 5.29. The summed E-state index contributed by atoms with van der Waals surface area (Å²) in [6, 6.07) is 5.09. The number of rotatable bonds is 1. The Morgan fingerprint density at radius 1 is 1.55 bits per heavy atom. The molecule has 0 aliphatic rings. The number of nitrogen functional groups attached to an aromatic ring is 1. The smallest absolute Gasteiger partial charge is 0.252 e. The Morgan fingerprint density at radius 2 is 2.18 bits per heavy atom. The summed E-state index contributed by atoms with van der Waals surface area (Å²) < 4.78 is 0. The highest BCUT2D eigenvalue weighted by molar-refractivity contribution is 6.68. The van der Waals surface area contributed by atoms with Gasteiger partial charge in [0.15, 0.2) is 0 Å². The van der Waals surface area contributed by atoms with E-state index >= 15 is 0 Å². The monoisotopic (exact) mass is 169 g/mol. The molecule has 0 fully saturated rings. The lowest BCUT2D eigenvalue weighted by molar-refractivity contribution is 0.108. The predicted octanol–water partition coefficient (Wildman–Crippen LogP) is 1.96. The molecule has 1 aromatic rings. The minimum absolute atomic E-state index is 0.463. The first-order valence-electron chi connectivity index (χ1n) is 3.18. The van der Waals surface area contributed by atoms with E-state index in [9.17, 15) is 4.79 Å². The maximum atomic E-state index is 10.7. The van der Waals surface area contributed by atoms with Crippen LogP contribution < -0.4 is 5.73 Å². The van der Waals surface area contributed by atoms with Crippen molar-refractivity contribution in [3.63, 3.8) is 0 Å².